The molecule has 0 spiro atoms. The Hall–Kier alpha value is -2.07. The summed E-state index contributed by atoms with van der Waals surface area (Å²) >= 11 is 2.89. The van der Waals surface area contributed by atoms with Crippen LogP contribution < -0.4 is 11.1 Å². The molecular weight excluding hydrogens is 459 g/mol. The third kappa shape index (κ3) is 4.14. The van der Waals surface area contributed by atoms with E-state index in [1.807, 2.05) is 34.6 Å². The highest BCUT2D eigenvalue weighted by Crippen LogP contribution is 2.54. The first-order valence-electron chi connectivity index (χ1n) is 10.3. The molecule has 2 aromatic rings. The fraction of sp³-hybridized carbons (Fsp3) is 0.500. The van der Waals surface area contributed by atoms with E-state index in [0.717, 1.165) is 33.0 Å². The van der Waals surface area contributed by atoms with Gasteiger partial charge < -0.3 is 15.8 Å². The number of benzene rings is 1. The number of nitrogen functional groups attached to an aromatic ring is 1. The number of thioether (sulfide) groups is 1. The lowest BCUT2D eigenvalue weighted by atomic mass is 9.93. The number of thiophene rings is 1. The number of nitrogens with one attached hydrogen (secondary N) is 1. The standard InChI is InChI=1S/C22H26F3N3O2S2/c1-10-8-13-16(19-27-14-9-12(22(23,24)25)6-7-15(14)31-19)18(26)32-17(13)11(2)28(10)20(29)30-21(3,4)5/h6-7,9-11,19,27H,8,26H2,1-5H3. The van der Waals surface area contributed by atoms with E-state index in [1.165, 1.54) is 29.2 Å². The highest BCUT2D eigenvalue weighted by atomic mass is 32.2. The van der Waals surface area contributed by atoms with Gasteiger partial charge in [-0.3, -0.25) is 4.90 Å². The van der Waals surface area contributed by atoms with E-state index >= 15 is 0 Å². The minimum atomic E-state index is -4.39. The molecule has 2 aliphatic heterocycles. The van der Waals surface area contributed by atoms with Gasteiger partial charge in [0, 0.05) is 27.1 Å². The molecule has 1 aromatic carbocycles. The molecule has 0 saturated heterocycles. The van der Waals surface area contributed by atoms with Crippen molar-refractivity contribution in [2.45, 2.75) is 75.2 Å². The second kappa shape index (κ2) is 7.76. The fourth-order valence-corrected chi connectivity index (χ4v) is 6.74. The molecule has 0 radical (unpaired) electrons. The van der Waals surface area contributed by atoms with Crippen LogP contribution in [0.3, 0.4) is 0 Å². The predicted molar refractivity (Wildman–Crippen MR) is 122 cm³/mol. The number of nitrogens with two attached hydrogens (primary N) is 1. The van der Waals surface area contributed by atoms with Gasteiger partial charge in [0.25, 0.3) is 0 Å². The molecular formula is C22H26F3N3O2S2. The number of anilines is 2. The first kappa shape index (κ1) is 23.1. The normalized spacial score (nSPS) is 22.9. The maximum absolute atomic E-state index is 13.1. The van der Waals surface area contributed by atoms with Crippen LogP contribution >= 0.6 is 23.1 Å². The van der Waals surface area contributed by atoms with Gasteiger partial charge >= 0.3 is 12.3 Å². The van der Waals surface area contributed by atoms with Crippen LogP contribution in [0.5, 0.6) is 0 Å². The van der Waals surface area contributed by atoms with Gasteiger partial charge in [0.15, 0.2) is 0 Å². The van der Waals surface area contributed by atoms with Crippen molar-refractivity contribution >= 4 is 39.9 Å². The topological polar surface area (TPSA) is 67.6 Å². The number of hydrogen-bond donors (Lipinski definition) is 2. The minimum Gasteiger partial charge on any atom is -0.444 e. The summed E-state index contributed by atoms with van der Waals surface area (Å²) in [5, 5.41) is 3.56. The van der Waals surface area contributed by atoms with E-state index in [9.17, 15) is 18.0 Å². The van der Waals surface area contributed by atoms with Crippen molar-refractivity contribution in [1.29, 1.82) is 0 Å². The summed E-state index contributed by atoms with van der Waals surface area (Å²) in [5.41, 5.74) is 7.58. The molecule has 0 aliphatic carbocycles. The molecule has 3 atom stereocenters. The summed E-state index contributed by atoms with van der Waals surface area (Å²) in [5.74, 6) is 0. The van der Waals surface area contributed by atoms with Crippen LogP contribution in [-0.4, -0.2) is 22.6 Å². The van der Waals surface area contributed by atoms with Crippen LogP contribution in [0.4, 0.5) is 28.7 Å². The SMILES string of the molecule is CC1Cc2c(sc(N)c2C2Nc3cc(C(F)(F)F)ccc3S2)C(C)N1C(=O)OC(C)(C)C. The van der Waals surface area contributed by atoms with Crippen molar-refractivity contribution in [3.8, 4) is 0 Å². The van der Waals surface area contributed by atoms with Gasteiger partial charge in [0.2, 0.25) is 0 Å². The highest BCUT2D eigenvalue weighted by Gasteiger charge is 2.41. The molecule has 3 heterocycles. The van der Waals surface area contributed by atoms with Crippen LogP contribution in [-0.2, 0) is 17.3 Å². The van der Waals surface area contributed by atoms with Crippen LogP contribution in [0.25, 0.3) is 0 Å². The molecule has 1 amide bonds. The quantitative estimate of drug-likeness (QED) is 0.465. The number of amides is 1. The van der Waals surface area contributed by atoms with Crippen molar-refractivity contribution in [3.63, 3.8) is 0 Å². The van der Waals surface area contributed by atoms with E-state index in [4.69, 9.17) is 10.5 Å². The molecule has 5 nitrogen and oxygen atoms in total. The first-order chi connectivity index (χ1) is 14.8. The Labute approximate surface area is 193 Å². The number of rotatable bonds is 1. The summed E-state index contributed by atoms with van der Waals surface area (Å²) in [7, 11) is 0. The van der Waals surface area contributed by atoms with Gasteiger partial charge in [-0.05, 0) is 64.8 Å². The summed E-state index contributed by atoms with van der Waals surface area (Å²) in [6.07, 6.45) is -4.15. The Bertz CT molecular complexity index is 1060. The average molecular weight is 486 g/mol. The summed E-state index contributed by atoms with van der Waals surface area (Å²) < 4.78 is 44.9. The number of hydrogen-bond acceptors (Lipinski definition) is 6. The number of carbonyl (C=O) groups is 1. The molecule has 174 valence electrons. The molecule has 0 fully saturated rings. The molecule has 32 heavy (non-hydrogen) atoms. The van der Waals surface area contributed by atoms with E-state index in [-0.39, 0.29) is 23.6 Å². The van der Waals surface area contributed by atoms with E-state index in [2.05, 4.69) is 5.32 Å². The lowest BCUT2D eigenvalue weighted by molar-refractivity contribution is -0.137. The molecule has 1 aromatic heterocycles. The second-order valence-corrected chi connectivity index (χ2v) is 11.4. The molecule has 4 rings (SSSR count). The van der Waals surface area contributed by atoms with Gasteiger partial charge in [0.05, 0.1) is 16.6 Å². The molecule has 3 N–H and O–H groups in total. The number of ether oxygens (including phenoxy) is 1. The number of carbonyl (C=O) groups excluding carboxylic acids is 1. The van der Waals surface area contributed by atoms with Crippen molar-refractivity contribution in [2.24, 2.45) is 0 Å². The number of fused-ring (bicyclic) bond motifs is 2. The molecule has 3 unspecified atom stereocenters. The third-order valence-corrected chi connectivity index (χ3v) is 8.03. The van der Waals surface area contributed by atoms with Gasteiger partial charge in [-0.25, -0.2) is 4.79 Å². The molecule has 0 bridgehead atoms. The van der Waals surface area contributed by atoms with Crippen LogP contribution in [0.1, 0.15) is 67.6 Å². The van der Waals surface area contributed by atoms with E-state index in [0.29, 0.717) is 17.1 Å². The predicted octanol–water partition coefficient (Wildman–Crippen LogP) is 6.81. The van der Waals surface area contributed by atoms with Gasteiger partial charge in [-0.15, -0.1) is 11.3 Å². The van der Waals surface area contributed by atoms with Crippen molar-refractivity contribution in [3.05, 3.63) is 39.8 Å². The third-order valence-electron chi connectivity index (χ3n) is 5.58. The van der Waals surface area contributed by atoms with Crippen molar-refractivity contribution in [2.75, 3.05) is 11.1 Å². The summed E-state index contributed by atoms with van der Waals surface area (Å²) in [4.78, 5) is 16.3. The lowest BCUT2D eigenvalue weighted by Crippen LogP contribution is -2.46. The molecule has 10 heteroatoms. The zero-order valence-electron chi connectivity index (χ0n) is 18.5. The zero-order valence-corrected chi connectivity index (χ0v) is 20.1. The lowest BCUT2D eigenvalue weighted by Gasteiger charge is -2.39. The first-order valence-corrected chi connectivity index (χ1v) is 12.0. The highest BCUT2D eigenvalue weighted by molar-refractivity contribution is 8.00. The Kier molecular flexibility index (Phi) is 5.60. The van der Waals surface area contributed by atoms with Gasteiger partial charge in [-0.1, -0.05) is 11.8 Å². The number of alkyl halides is 3. The summed E-state index contributed by atoms with van der Waals surface area (Å²) in [6, 6.07) is 3.43. The van der Waals surface area contributed by atoms with Crippen LogP contribution in [0, 0.1) is 0 Å². The minimum absolute atomic E-state index is 0.106. The van der Waals surface area contributed by atoms with Crippen molar-refractivity contribution in [1.82, 2.24) is 4.90 Å². The van der Waals surface area contributed by atoms with Crippen LogP contribution in [0.2, 0.25) is 0 Å². The molecule has 0 saturated carbocycles. The summed E-state index contributed by atoms with van der Waals surface area (Å²) in [6.45, 7) is 9.43. The number of nitrogens with zero attached hydrogens (tertiary/aromatic N) is 1. The second-order valence-electron chi connectivity index (χ2n) is 9.19. The smallest absolute Gasteiger partial charge is 0.416 e. The monoisotopic (exact) mass is 485 g/mol. The van der Waals surface area contributed by atoms with E-state index in [1.54, 1.807) is 4.90 Å². The fourth-order valence-electron chi connectivity index (χ4n) is 4.26. The maximum atomic E-state index is 13.1. The Balaban J connectivity index is 1.63. The maximum Gasteiger partial charge on any atom is 0.416 e. The van der Waals surface area contributed by atoms with Crippen molar-refractivity contribution < 1.29 is 22.7 Å². The van der Waals surface area contributed by atoms with Gasteiger partial charge in [0.1, 0.15) is 11.0 Å². The number of halogens is 3. The zero-order chi connectivity index (χ0) is 23.6. The largest absolute Gasteiger partial charge is 0.444 e. The Morgan fingerprint density at radius 2 is 1.94 bits per heavy atom. The van der Waals surface area contributed by atoms with E-state index < -0.39 is 17.3 Å². The van der Waals surface area contributed by atoms with Crippen LogP contribution in [0.15, 0.2) is 23.1 Å². The van der Waals surface area contributed by atoms with Gasteiger partial charge in [-0.2, -0.15) is 13.2 Å². The average Bonchev–Trinajstić information content (AvgIpc) is 3.18. The molecule has 2 aliphatic rings. The Morgan fingerprint density at radius 3 is 2.56 bits per heavy atom. The Morgan fingerprint density at radius 1 is 1.25 bits per heavy atom.